The molecule has 26 heavy (non-hydrogen) atoms. The van der Waals surface area contributed by atoms with Crippen molar-refractivity contribution in [1.82, 2.24) is 5.32 Å². The molecule has 0 bridgehead atoms. The Morgan fingerprint density at radius 2 is 1.92 bits per heavy atom. The molecule has 1 aliphatic rings. The lowest BCUT2D eigenvalue weighted by atomic mass is 10.1. The molecule has 0 aliphatic carbocycles. The predicted molar refractivity (Wildman–Crippen MR) is 109 cm³/mol. The molecule has 1 heterocycles. The summed E-state index contributed by atoms with van der Waals surface area (Å²) in [6.45, 7) is 6.37. The highest BCUT2D eigenvalue weighted by Gasteiger charge is 2.15. The van der Waals surface area contributed by atoms with Gasteiger partial charge in [-0.15, -0.1) is 0 Å². The van der Waals surface area contributed by atoms with Gasteiger partial charge in [-0.1, -0.05) is 13.0 Å². The zero-order valence-corrected chi connectivity index (χ0v) is 16.2. The maximum absolute atomic E-state index is 11.1. The van der Waals surface area contributed by atoms with E-state index < -0.39 is 0 Å². The van der Waals surface area contributed by atoms with Gasteiger partial charge in [0.25, 0.3) is 0 Å². The summed E-state index contributed by atoms with van der Waals surface area (Å²) >= 11 is 3.93. The van der Waals surface area contributed by atoms with Crippen molar-refractivity contribution in [2.45, 2.75) is 44.6 Å². The first-order chi connectivity index (χ1) is 12.7. The van der Waals surface area contributed by atoms with E-state index in [0.29, 0.717) is 6.54 Å². The van der Waals surface area contributed by atoms with Gasteiger partial charge >= 0.3 is 0 Å². The van der Waals surface area contributed by atoms with Crippen LogP contribution >= 0.6 is 12.6 Å². The van der Waals surface area contributed by atoms with Crippen LogP contribution in [-0.4, -0.2) is 37.5 Å². The zero-order chi connectivity index (χ0) is 18.6. The van der Waals surface area contributed by atoms with Crippen molar-refractivity contribution in [1.29, 1.82) is 0 Å². The normalized spacial score (nSPS) is 14.7. The van der Waals surface area contributed by atoms with Crippen molar-refractivity contribution in [3.05, 3.63) is 36.5 Å². The van der Waals surface area contributed by atoms with Crippen molar-refractivity contribution in [2.75, 3.05) is 30.8 Å². The minimum absolute atomic E-state index is 0.0105. The van der Waals surface area contributed by atoms with E-state index in [1.807, 2.05) is 24.3 Å². The molecule has 1 aromatic rings. The minimum Gasteiger partial charge on any atom is -0.490 e. The number of anilines is 1. The van der Waals surface area contributed by atoms with Crippen molar-refractivity contribution < 1.29 is 14.3 Å². The highest BCUT2D eigenvalue weighted by molar-refractivity contribution is 7.81. The minimum atomic E-state index is -0.0105. The summed E-state index contributed by atoms with van der Waals surface area (Å²) in [4.78, 5) is 11.1. The number of hydrogen-bond donors (Lipinski definition) is 3. The van der Waals surface area contributed by atoms with Gasteiger partial charge in [-0.2, -0.15) is 12.6 Å². The second kappa shape index (κ2) is 11.9. The summed E-state index contributed by atoms with van der Waals surface area (Å²) in [6.07, 6.45) is 6.17. The number of hydrogen-bond acceptors (Lipinski definition) is 5. The maximum Gasteiger partial charge on any atom is 0.229 e. The molecule has 0 radical (unpaired) electrons. The largest absolute Gasteiger partial charge is 0.490 e. The summed E-state index contributed by atoms with van der Waals surface area (Å²) in [5, 5.41) is 6.16. The lowest BCUT2D eigenvalue weighted by molar-refractivity contribution is -0.118. The number of ether oxygens (including phenoxy) is 2. The number of benzene rings is 1. The molecule has 0 aromatic heterocycles. The highest BCUT2D eigenvalue weighted by Crippen LogP contribution is 2.21. The number of amides is 1. The van der Waals surface area contributed by atoms with Crippen molar-refractivity contribution >= 4 is 24.2 Å². The molecule has 2 rings (SSSR count). The third kappa shape index (κ3) is 8.15. The number of thiol groups is 1. The number of nitrogens with one attached hydrogen (secondary N) is 2. The number of unbranched alkanes of at least 4 members (excludes halogenated alkanes) is 2. The Bertz CT molecular complexity index is 557. The summed E-state index contributed by atoms with van der Waals surface area (Å²) in [6, 6.07) is 8.03. The lowest BCUT2D eigenvalue weighted by Gasteiger charge is -2.23. The molecule has 5 nitrogen and oxygen atoms in total. The van der Waals surface area contributed by atoms with Crippen LogP contribution in [0.4, 0.5) is 5.69 Å². The molecule has 0 saturated carbocycles. The molecule has 1 fully saturated rings. The second-order valence-corrected chi connectivity index (χ2v) is 6.82. The van der Waals surface area contributed by atoms with E-state index in [0.717, 1.165) is 68.9 Å². The number of rotatable bonds is 11. The van der Waals surface area contributed by atoms with Gasteiger partial charge in [0.1, 0.15) is 11.9 Å². The Hall–Kier alpha value is -1.66. The molecule has 1 saturated heterocycles. The smallest absolute Gasteiger partial charge is 0.229 e. The SMILES string of the molecule is C=C(CCCCCNC(=O)CS)Nc1ccc(OC2CCOCC2)cc1. The van der Waals surface area contributed by atoms with Crippen LogP contribution in [0.1, 0.15) is 38.5 Å². The van der Waals surface area contributed by atoms with Crippen LogP contribution in [0.15, 0.2) is 36.5 Å². The van der Waals surface area contributed by atoms with E-state index in [4.69, 9.17) is 9.47 Å². The number of carbonyl (C=O) groups excluding carboxylic acids is 1. The quantitative estimate of drug-likeness (QED) is 0.405. The molecular formula is C20H30N2O3S. The fourth-order valence-corrected chi connectivity index (χ4v) is 2.91. The maximum atomic E-state index is 11.1. The summed E-state index contributed by atoms with van der Waals surface area (Å²) in [5.74, 6) is 1.14. The summed E-state index contributed by atoms with van der Waals surface area (Å²) < 4.78 is 11.3. The molecule has 2 N–H and O–H groups in total. The van der Waals surface area contributed by atoms with Gasteiger partial charge in [-0.25, -0.2) is 0 Å². The first-order valence-electron chi connectivity index (χ1n) is 9.34. The predicted octanol–water partition coefficient (Wildman–Crippen LogP) is 3.78. The number of allylic oxidation sites excluding steroid dienone is 1. The van der Waals surface area contributed by atoms with Gasteiger partial charge in [-0.3, -0.25) is 4.79 Å². The fraction of sp³-hybridized carbons (Fsp3) is 0.550. The molecule has 0 unspecified atom stereocenters. The molecule has 1 aromatic carbocycles. The average molecular weight is 379 g/mol. The third-order valence-electron chi connectivity index (χ3n) is 4.27. The standard InChI is InChI=1S/C20H30N2O3S/c1-16(5-3-2-4-12-21-20(23)15-26)22-17-6-8-18(9-7-17)25-19-10-13-24-14-11-19/h6-9,19,22,26H,1-5,10-15H2,(H,21,23). The van der Waals surface area contributed by atoms with Crippen LogP contribution in [0, 0.1) is 0 Å². The van der Waals surface area contributed by atoms with Crippen molar-refractivity contribution in [3.8, 4) is 5.75 Å². The molecule has 1 aliphatic heterocycles. The van der Waals surface area contributed by atoms with E-state index in [2.05, 4.69) is 29.8 Å². The molecular weight excluding hydrogens is 348 g/mol. The summed E-state index contributed by atoms with van der Waals surface area (Å²) in [7, 11) is 0. The Balaban J connectivity index is 1.60. The molecule has 0 atom stereocenters. The summed E-state index contributed by atoms with van der Waals surface area (Å²) in [5.41, 5.74) is 2.03. The van der Waals surface area contributed by atoms with Crippen LogP contribution in [-0.2, 0) is 9.53 Å². The zero-order valence-electron chi connectivity index (χ0n) is 15.3. The molecule has 144 valence electrons. The second-order valence-electron chi connectivity index (χ2n) is 6.50. The van der Waals surface area contributed by atoms with Crippen molar-refractivity contribution in [2.24, 2.45) is 0 Å². The van der Waals surface area contributed by atoms with Crippen LogP contribution in [0.2, 0.25) is 0 Å². The van der Waals surface area contributed by atoms with Crippen LogP contribution < -0.4 is 15.4 Å². The fourth-order valence-electron chi connectivity index (χ4n) is 2.79. The van der Waals surface area contributed by atoms with Crippen LogP contribution in [0.25, 0.3) is 0 Å². The number of carbonyl (C=O) groups is 1. The molecule has 0 spiro atoms. The van der Waals surface area contributed by atoms with Crippen molar-refractivity contribution in [3.63, 3.8) is 0 Å². The van der Waals surface area contributed by atoms with Gasteiger partial charge in [0.15, 0.2) is 0 Å². The Kier molecular flexibility index (Phi) is 9.42. The van der Waals surface area contributed by atoms with Gasteiger partial charge in [0.2, 0.25) is 5.91 Å². The van der Waals surface area contributed by atoms with E-state index in [-0.39, 0.29) is 17.8 Å². The first kappa shape index (κ1) is 20.6. The Morgan fingerprint density at radius 3 is 2.62 bits per heavy atom. The monoisotopic (exact) mass is 378 g/mol. The van der Waals surface area contributed by atoms with E-state index in [1.165, 1.54) is 0 Å². The average Bonchev–Trinajstić information content (AvgIpc) is 2.66. The Labute approximate surface area is 161 Å². The van der Waals surface area contributed by atoms with E-state index in [1.54, 1.807) is 0 Å². The van der Waals surface area contributed by atoms with E-state index >= 15 is 0 Å². The molecule has 6 heteroatoms. The highest BCUT2D eigenvalue weighted by atomic mass is 32.1. The van der Waals surface area contributed by atoms with Gasteiger partial charge < -0.3 is 20.1 Å². The van der Waals surface area contributed by atoms with Gasteiger partial charge in [-0.05, 0) is 43.5 Å². The first-order valence-corrected chi connectivity index (χ1v) is 9.97. The van der Waals surface area contributed by atoms with Crippen LogP contribution in [0.3, 0.4) is 0 Å². The topological polar surface area (TPSA) is 59.6 Å². The molecule has 1 amide bonds. The Morgan fingerprint density at radius 1 is 1.19 bits per heavy atom. The van der Waals surface area contributed by atoms with Gasteiger partial charge in [0, 0.05) is 30.8 Å². The van der Waals surface area contributed by atoms with Crippen LogP contribution in [0.5, 0.6) is 5.75 Å². The van der Waals surface area contributed by atoms with Gasteiger partial charge in [0.05, 0.1) is 19.0 Å². The lowest BCUT2D eigenvalue weighted by Crippen LogP contribution is -2.25. The third-order valence-corrected chi connectivity index (χ3v) is 4.55. The van der Waals surface area contributed by atoms with E-state index in [9.17, 15) is 4.79 Å².